The summed E-state index contributed by atoms with van der Waals surface area (Å²) in [5.41, 5.74) is 2.52. The molecule has 0 fully saturated rings. The van der Waals surface area contributed by atoms with Crippen LogP contribution in [0.25, 0.3) is 0 Å². The summed E-state index contributed by atoms with van der Waals surface area (Å²) in [5.74, 6) is 0.284. The van der Waals surface area contributed by atoms with E-state index in [2.05, 4.69) is 24.4 Å². The molecule has 1 aliphatic rings. The zero-order chi connectivity index (χ0) is 11.4. The first-order valence-corrected chi connectivity index (χ1v) is 6.18. The van der Waals surface area contributed by atoms with Crippen LogP contribution in [-0.4, -0.2) is 5.91 Å². The molecule has 0 saturated heterocycles. The van der Waals surface area contributed by atoms with Gasteiger partial charge in [0.15, 0.2) is 0 Å². The minimum Gasteiger partial charge on any atom is -0.351 e. The van der Waals surface area contributed by atoms with Gasteiger partial charge in [-0.3, -0.25) is 4.79 Å². The van der Waals surface area contributed by atoms with Gasteiger partial charge >= 0.3 is 0 Å². The third kappa shape index (κ3) is 2.26. The molecule has 0 bridgehead atoms. The smallest absolute Gasteiger partial charge is 0.227 e. The van der Waals surface area contributed by atoms with Crippen molar-refractivity contribution in [3.05, 3.63) is 35.4 Å². The Balaban J connectivity index is 2.13. The van der Waals surface area contributed by atoms with E-state index in [1.165, 1.54) is 24.0 Å². The van der Waals surface area contributed by atoms with Gasteiger partial charge in [0, 0.05) is 6.54 Å². The van der Waals surface area contributed by atoms with Gasteiger partial charge in [0.1, 0.15) is 0 Å². The van der Waals surface area contributed by atoms with Gasteiger partial charge in [-0.2, -0.15) is 0 Å². The summed E-state index contributed by atoms with van der Waals surface area (Å²) in [6.45, 7) is 2.88. The van der Waals surface area contributed by atoms with Crippen molar-refractivity contribution in [2.45, 2.75) is 45.1 Å². The molecule has 1 aromatic rings. The molecule has 1 N–H and O–H groups in total. The van der Waals surface area contributed by atoms with E-state index in [1.807, 2.05) is 12.1 Å². The van der Waals surface area contributed by atoms with Crippen LogP contribution in [0.1, 0.15) is 49.7 Å². The van der Waals surface area contributed by atoms with Crippen molar-refractivity contribution in [2.75, 3.05) is 0 Å². The fraction of sp³-hybridized carbons (Fsp3) is 0.500. The Morgan fingerprint density at radius 2 is 2.12 bits per heavy atom. The van der Waals surface area contributed by atoms with Gasteiger partial charge in [-0.1, -0.05) is 50.5 Å². The Labute approximate surface area is 97.1 Å². The standard InChI is InChI=1S/C14H19NO/c1-2-3-4-9-13-12-8-6-5-7-11(12)10-15-14(13)16/h5-8,13H,2-4,9-10H2,1H3,(H,15,16). The largest absolute Gasteiger partial charge is 0.351 e. The van der Waals surface area contributed by atoms with E-state index in [-0.39, 0.29) is 11.8 Å². The van der Waals surface area contributed by atoms with E-state index in [1.54, 1.807) is 0 Å². The minimum atomic E-state index is 0.0801. The third-order valence-electron chi connectivity index (χ3n) is 3.30. The maximum Gasteiger partial charge on any atom is 0.227 e. The highest BCUT2D eigenvalue weighted by molar-refractivity contribution is 5.85. The Hall–Kier alpha value is -1.31. The van der Waals surface area contributed by atoms with Gasteiger partial charge in [-0.05, 0) is 17.5 Å². The lowest BCUT2D eigenvalue weighted by atomic mass is 9.86. The Morgan fingerprint density at radius 1 is 1.31 bits per heavy atom. The average molecular weight is 217 g/mol. The maximum absolute atomic E-state index is 11.8. The Kier molecular flexibility index (Phi) is 3.60. The van der Waals surface area contributed by atoms with Gasteiger partial charge in [-0.25, -0.2) is 0 Å². The number of carbonyl (C=O) groups excluding carboxylic acids is 1. The number of unbranched alkanes of at least 4 members (excludes halogenated alkanes) is 2. The van der Waals surface area contributed by atoms with E-state index >= 15 is 0 Å². The van der Waals surface area contributed by atoms with E-state index in [4.69, 9.17) is 0 Å². The fourth-order valence-corrected chi connectivity index (χ4v) is 2.37. The van der Waals surface area contributed by atoms with Crippen LogP contribution in [0.4, 0.5) is 0 Å². The van der Waals surface area contributed by atoms with Crippen molar-refractivity contribution in [3.63, 3.8) is 0 Å². The highest BCUT2D eigenvalue weighted by Crippen LogP contribution is 2.28. The third-order valence-corrected chi connectivity index (χ3v) is 3.30. The number of hydrogen-bond acceptors (Lipinski definition) is 1. The molecule has 0 radical (unpaired) electrons. The summed E-state index contributed by atoms with van der Waals surface area (Å²) in [6, 6.07) is 8.29. The average Bonchev–Trinajstić information content (AvgIpc) is 2.32. The molecule has 2 nitrogen and oxygen atoms in total. The molecular formula is C14H19NO. The summed E-state index contributed by atoms with van der Waals surface area (Å²) in [4.78, 5) is 11.8. The predicted octanol–water partition coefficient (Wildman–Crippen LogP) is 2.98. The van der Waals surface area contributed by atoms with E-state index in [0.717, 1.165) is 12.8 Å². The second-order valence-electron chi connectivity index (χ2n) is 4.46. The molecule has 1 heterocycles. The molecule has 2 heteroatoms. The molecule has 2 rings (SSSR count). The molecule has 1 atom stereocenters. The van der Waals surface area contributed by atoms with Crippen LogP contribution < -0.4 is 5.32 Å². The highest BCUT2D eigenvalue weighted by Gasteiger charge is 2.26. The molecule has 1 aromatic carbocycles. The fourth-order valence-electron chi connectivity index (χ4n) is 2.37. The van der Waals surface area contributed by atoms with E-state index < -0.39 is 0 Å². The van der Waals surface area contributed by atoms with Gasteiger partial charge in [0.2, 0.25) is 5.91 Å². The lowest BCUT2D eigenvalue weighted by molar-refractivity contribution is -0.123. The monoisotopic (exact) mass is 217 g/mol. The number of rotatable bonds is 4. The molecule has 0 saturated carbocycles. The normalized spacial score (nSPS) is 19.1. The molecule has 0 aromatic heterocycles. The molecule has 0 aliphatic carbocycles. The van der Waals surface area contributed by atoms with Gasteiger partial charge < -0.3 is 5.32 Å². The molecule has 1 amide bonds. The summed E-state index contributed by atoms with van der Waals surface area (Å²) in [5, 5.41) is 2.98. The topological polar surface area (TPSA) is 29.1 Å². The summed E-state index contributed by atoms with van der Waals surface area (Å²) < 4.78 is 0. The Bertz CT molecular complexity index is 373. The van der Waals surface area contributed by atoms with Crippen molar-refractivity contribution < 1.29 is 4.79 Å². The van der Waals surface area contributed by atoms with Crippen LogP contribution in [0, 0.1) is 0 Å². The van der Waals surface area contributed by atoms with Crippen molar-refractivity contribution in [3.8, 4) is 0 Å². The van der Waals surface area contributed by atoms with Crippen LogP contribution >= 0.6 is 0 Å². The van der Waals surface area contributed by atoms with E-state index in [0.29, 0.717) is 6.54 Å². The first kappa shape index (κ1) is 11.2. The second kappa shape index (κ2) is 5.15. The second-order valence-corrected chi connectivity index (χ2v) is 4.46. The van der Waals surface area contributed by atoms with Gasteiger partial charge in [0.05, 0.1) is 5.92 Å². The highest BCUT2D eigenvalue weighted by atomic mass is 16.1. The SMILES string of the molecule is CCCCCC1C(=O)NCc2ccccc21. The van der Waals surface area contributed by atoms with Gasteiger partial charge in [-0.15, -0.1) is 0 Å². The van der Waals surface area contributed by atoms with Crippen molar-refractivity contribution >= 4 is 5.91 Å². The number of carbonyl (C=O) groups is 1. The molecule has 0 spiro atoms. The molecular weight excluding hydrogens is 198 g/mol. The number of hydrogen-bond donors (Lipinski definition) is 1. The molecule has 16 heavy (non-hydrogen) atoms. The van der Waals surface area contributed by atoms with E-state index in [9.17, 15) is 4.79 Å². The quantitative estimate of drug-likeness (QED) is 0.772. The number of amides is 1. The molecule has 86 valence electrons. The maximum atomic E-state index is 11.8. The Morgan fingerprint density at radius 3 is 2.94 bits per heavy atom. The zero-order valence-corrected chi connectivity index (χ0v) is 9.83. The number of fused-ring (bicyclic) bond motifs is 1. The summed E-state index contributed by atoms with van der Waals surface area (Å²) in [7, 11) is 0. The molecule has 1 unspecified atom stereocenters. The van der Waals surface area contributed by atoms with Crippen LogP contribution in [-0.2, 0) is 11.3 Å². The predicted molar refractivity (Wildman–Crippen MR) is 65.2 cm³/mol. The van der Waals surface area contributed by atoms with Gasteiger partial charge in [0.25, 0.3) is 0 Å². The number of nitrogens with one attached hydrogen (secondary N) is 1. The minimum absolute atomic E-state index is 0.0801. The van der Waals surface area contributed by atoms with Crippen molar-refractivity contribution in [1.29, 1.82) is 0 Å². The van der Waals surface area contributed by atoms with Crippen LogP contribution in [0.5, 0.6) is 0 Å². The van der Waals surface area contributed by atoms with Crippen molar-refractivity contribution in [2.24, 2.45) is 0 Å². The summed E-state index contributed by atoms with van der Waals surface area (Å²) in [6.07, 6.45) is 4.54. The van der Waals surface area contributed by atoms with Crippen LogP contribution in [0.2, 0.25) is 0 Å². The lowest BCUT2D eigenvalue weighted by Gasteiger charge is -2.25. The van der Waals surface area contributed by atoms with Crippen molar-refractivity contribution in [1.82, 2.24) is 5.32 Å². The van der Waals surface area contributed by atoms with Crippen LogP contribution in [0.15, 0.2) is 24.3 Å². The zero-order valence-electron chi connectivity index (χ0n) is 9.83. The van der Waals surface area contributed by atoms with Crippen LogP contribution in [0.3, 0.4) is 0 Å². The first-order valence-electron chi connectivity index (χ1n) is 6.18. The number of benzene rings is 1. The summed E-state index contributed by atoms with van der Waals surface area (Å²) >= 11 is 0. The lowest BCUT2D eigenvalue weighted by Crippen LogP contribution is -2.34. The molecule has 1 aliphatic heterocycles. The first-order chi connectivity index (χ1) is 7.83.